The molecule has 2 nitrogen and oxygen atoms in total. The van der Waals surface area contributed by atoms with Crippen molar-refractivity contribution < 1.29 is 22.4 Å². The molecule has 0 spiro atoms. The SMILES string of the molecule is Nc1ccc(F)cc1C(=O)c1ccccc1C(F)(F)F. The van der Waals surface area contributed by atoms with Crippen LogP contribution >= 0.6 is 0 Å². The Morgan fingerprint density at radius 2 is 1.65 bits per heavy atom. The summed E-state index contributed by atoms with van der Waals surface area (Å²) in [4.78, 5) is 12.1. The van der Waals surface area contributed by atoms with Crippen molar-refractivity contribution in [3.63, 3.8) is 0 Å². The first-order chi connectivity index (χ1) is 9.30. The Kier molecular flexibility index (Phi) is 3.48. The Hall–Kier alpha value is -2.37. The van der Waals surface area contributed by atoms with E-state index in [9.17, 15) is 22.4 Å². The zero-order valence-corrected chi connectivity index (χ0v) is 10.0. The molecule has 0 bridgehead atoms. The topological polar surface area (TPSA) is 43.1 Å². The first-order valence-electron chi connectivity index (χ1n) is 5.56. The van der Waals surface area contributed by atoms with Gasteiger partial charge in [-0.15, -0.1) is 0 Å². The van der Waals surface area contributed by atoms with Crippen LogP contribution in [0.4, 0.5) is 23.2 Å². The summed E-state index contributed by atoms with van der Waals surface area (Å²) >= 11 is 0. The number of carbonyl (C=O) groups excluding carboxylic acids is 1. The van der Waals surface area contributed by atoms with Crippen LogP contribution in [-0.4, -0.2) is 5.78 Å². The molecule has 0 aliphatic rings. The Bertz CT molecular complexity index is 664. The second-order valence-corrected chi connectivity index (χ2v) is 4.10. The molecule has 2 N–H and O–H groups in total. The van der Waals surface area contributed by atoms with E-state index in [4.69, 9.17) is 5.73 Å². The van der Waals surface area contributed by atoms with Gasteiger partial charge in [-0.05, 0) is 24.3 Å². The van der Waals surface area contributed by atoms with Gasteiger partial charge >= 0.3 is 6.18 Å². The molecule has 0 radical (unpaired) electrons. The molecule has 0 atom stereocenters. The number of carbonyl (C=O) groups is 1. The highest BCUT2D eigenvalue weighted by Crippen LogP contribution is 2.33. The average Bonchev–Trinajstić information content (AvgIpc) is 2.40. The van der Waals surface area contributed by atoms with Crippen molar-refractivity contribution in [2.45, 2.75) is 6.18 Å². The van der Waals surface area contributed by atoms with Crippen molar-refractivity contribution >= 4 is 11.5 Å². The molecule has 2 aromatic rings. The molecule has 104 valence electrons. The summed E-state index contributed by atoms with van der Waals surface area (Å²) in [6.45, 7) is 0. The predicted molar refractivity (Wildman–Crippen MR) is 65.7 cm³/mol. The number of rotatable bonds is 2. The molecule has 0 amide bonds. The fourth-order valence-corrected chi connectivity index (χ4v) is 1.80. The Morgan fingerprint density at radius 1 is 1.00 bits per heavy atom. The van der Waals surface area contributed by atoms with Gasteiger partial charge in [0.1, 0.15) is 5.82 Å². The van der Waals surface area contributed by atoms with Crippen molar-refractivity contribution in [3.8, 4) is 0 Å². The van der Waals surface area contributed by atoms with E-state index in [0.717, 1.165) is 30.3 Å². The summed E-state index contributed by atoms with van der Waals surface area (Å²) in [6, 6.07) is 7.30. The van der Waals surface area contributed by atoms with Gasteiger partial charge in [-0.1, -0.05) is 18.2 Å². The summed E-state index contributed by atoms with van der Waals surface area (Å²) < 4.78 is 51.7. The largest absolute Gasteiger partial charge is 0.417 e. The molecule has 0 aliphatic carbocycles. The van der Waals surface area contributed by atoms with Crippen LogP contribution in [0.2, 0.25) is 0 Å². The molecule has 0 heterocycles. The highest BCUT2D eigenvalue weighted by molar-refractivity contribution is 6.13. The molecule has 0 saturated carbocycles. The molecular weight excluding hydrogens is 274 g/mol. The van der Waals surface area contributed by atoms with Crippen molar-refractivity contribution in [3.05, 3.63) is 65.0 Å². The van der Waals surface area contributed by atoms with Crippen LogP contribution < -0.4 is 5.73 Å². The molecule has 0 aromatic heterocycles. The quantitative estimate of drug-likeness (QED) is 0.519. The van der Waals surface area contributed by atoms with Gasteiger partial charge in [0.25, 0.3) is 0 Å². The van der Waals surface area contributed by atoms with E-state index >= 15 is 0 Å². The maximum absolute atomic E-state index is 13.1. The van der Waals surface area contributed by atoms with Crippen LogP contribution in [-0.2, 0) is 6.18 Å². The summed E-state index contributed by atoms with van der Waals surface area (Å²) in [5.74, 6) is -1.71. The van der Waals surface area contributed by atoms with Crippen LogP contribution in [0.5, 0.6) is 0 Å². The van der Waals surface area contributed by atoms with E-state index in [0.29, 0.717) is 0 Å². The van der Waals surface area contributed by atoms with Gasteiger partial charge in [-0.2, -0.15) is 13.2 Å². The molecule has 2 rings (SSSR count). The van der Waals surface area contributed by atoms with Gasteiger partial charge in [-0.25, -0.2) is 4.39 Å². The third kappa shape index (κ3) is 2.64. The normalized spacial score (nSPS) is 11.4. The average molecular weight is 283 g/mol. The van der Waals surface area contributed by atoms with Gasteiger partial charge in [0, 0.05) is 16.8 Å². The number of hydrogen-bond acceptors (Lipinski definition) is 2. The lowest BCUT2D eigenvalue weighted by Crippen LogP contribution is -2.14. The van der Waals surface area contributed by atoms with Gasteiger partial charge < -0.3 is 5.73 Å². The van der Waals surface area contributed by atoms with Crippen molar-refractivity contribution in [2.24, 2.45) is 0 Å². The van der Waals surface area contributed by atoms with Crippen LogP contribution in [0, 0.1) is 5.82 Å². The second kappa shape index (κ2) is 4.96. The van der Waals surface area contributed by atoms with E-state index < -0.39 is 28.9 Å². The maximum Gasteiger partial charge on any atom is 0.417 e. The third-order valence-corrected chi connectivity index (χ3v) is 2.74. The lowest BCUT2D eigenvalue weighted by molar-refractivity contribution is -0.137. The maximum atomic E-state index is 13.1. The van der Waals surface area contributed by atoms with E-state index in [1.165, 1.54) is 12.1 Å². The number of hydrogen-bond donors (Lipinski definition) is 1. The van der Waals surface area contributed by atoms with Crippen LogP contribution in [0.3, 0.4) is 0 Å². The Morgan fingerprint density at radius 3 is 2.30 bits per heavy atom. The molecule has 6 heteroatoms. The monoisotopic (exact) mass is 283 g/mol. The third-order valence-electron chi connectivity index (χ3n) is 2.74. The second-order valence-electron chi connectivity index (χ2n) is 4.10. The zero-order chi connectivity index (χ0) is 14.9. The minimum atomic E-state index is -4.67. The van der Waals surface area contributed by atoms with Crippen molar-refractivity contribution in [2.75, 3.05) is 5.73 Å². The fraction of sp³-hybridized carbons (Fsp3) is 0.0714. The van der Waals surface area contributed by atoms with E-state index in [2.05, 4.69) is 0 Å². The van der Waals surface area contributed by atoms with Gasteiger partial charge in [0.2, 0.25) is 0 Å². The van der Waals surface area contributed by atoms with Gasteiger partial charge in [-0.3, -0.25) is 4.79 Å². The van der Waals surface area contributed by atoms with Crippen LogP contribution in [0.15, 0.2) is 42.5 Å². The Labute approximate surface area is 111 Å². The number of benzene rings is 2. The predicted octanol–water partition coefficient (Wildman–Crippen LogP) is 3.66. The van der Waals surface area contributed by atoms with Crippen LogP contribution in [0.25, 0.3) is 0 Å². The Balaban J connectivity index is 2.57. The number of halogens is 4. The summed E-state index contributed by atoms with van der Waals surface area (Å²) in [5.41, 5.74) is 3.52. The first-order valence-corrected chi connectivity index (χ1v) is 5.56. The lowest BCUT2D eigenvalue weighted by Gasteiger charge is -2.12. The molecule has 0 aliphatic heterocycles. The minimum absolute atomic E-state index is 0.0756. The van der Waals surface area contributed by atoms with Crippen molar-refractivity contribution in [1.82, 2.24) is 0 Å². The summed E-state index contributed by atoms with van der Waals surface area (Å²) in [5, 5.41) is 0. The molecule has 2 aromatic carbocycles. The van der Waals surface area contributed by atoms with Crippen LogP contribution in [0.1, 0.15) is 21.5 Å². The number of ketones is 1. The number of anilines is 1. The van der Waals surface area contributed by atoms with Gasteiger partial charge in [0.15, 0.2) is 5.78 Å². The molecule has 0 saturated heterocycles. The summed E-state index contributed by atoms with van der Waals surface area (Å²) in [7, 11) is 0. The smallest absolute Gasteiger partial charge is 0.398 e. The number of alkyl halides is 3. The number of nitrogens with two attached hydrogens (primary N) is 1. The first kappa shape index (κ1) is 14.0. The molecule has 0 fully saturated rings. The van der Waals surface area contributed by atoms with E-state index in [1.54, 1.807) is 0 Å². The molecular formula is C14H9F4NO. The summed E-state index contributed by atoms with van der Waals surface area (Å²) in [6.07, 6.45) is -4.67. The van der Waals surface area contributed by atoms with E-state index in [-0.39, 0.29) is 11.3 Å². The molecule has 0 unspecified atom stereocenters. The standard InChI is InChI=1S/C14H9F4NO/c15-8-5-6-12(19)10(7-8)13(20)9-3-1-2-4-11(9)14(16,17)18/h1-7H,19H2. The van der Waals surface area contributed by atoms with Crippen molar-refractivity contribution in [1.29, 1.82) is 0 Å². The molecule has 20 heavy (non-hydrogen) atoms. The fourth-order valence-electron chi connectivity index (χ4n) is 1.80. The van der Waals surface area contributed by atoms with Gasteiger partial charge in [0.05, 0.1) is 5.56 Å². The highest BCUT2D eigenvalue weighted by atomic mass is 19.4. The zero-order valence-electron chi connectivity index (χ0n) is 10.0. The van der Waals surface area contributed by atoms with E-state index in [1.807, 2.05) is 0 Å². The number of nitrogen functional groups attached to an aromatic ring is 1. The minimum Gasteiger partial charge on any atom is -0.398 e. The lowest BCUT2D eigenvalue weighted by atomic mass is 9.97. The highest BCUT2D eigenvalue weighted by Gasteiger charge is 2.35.